The lowest BCUT2D eigenvalue weighted by molar-refractivity contribution is 1.58. The molecule has 0 fully saturated rings. The van der Waals surface area contributed by atoms with Crippen LogP contribution in [0.4, 0.5) is 0 Å². The van der Waals surface area contributed by atoms with Gasteiger partial charge in [0.2, 0.25) is 0 Å². The highest BCUT2D eigenvalue weighted by Gasteiger charge is 1.53. The first kappa shape index (κ1) is 6.15. The first-order valence-electron chi connectivity index (χ1n) is 1.96. The van der Waals surface area contributed by atoms with Crippen LogP contribution in [0.25, 0.3) is 0 Å². The van der Waals surface area contributed by atoms with E-state index in [0.29, 0.717) is 0 Å². The minimum Gasteiger partial charge on any atom is -0.309 e. The summed E-state index contributed by atoms with van der Waals surface area (Å²) >= 11 is 0. The topological polar surface area (TPSA) is 23.9 Å². The molecule has 0 aromatic heterocycles. The molecule has 0 aromatic carbocycles. The fraction of sp³-hybridized carbons (Fsp3) is 0. The zero-order valence-corrected chi connectivity index (χ0v) is 3.96. The first-order chi connectivity index (χ1) is 3.41. The zero-order valence-electron chi connectivity index (χ0n) is 3.96. The van der Waals surface area contributed by atoms with Crippen molar-refractivity contribution in [1.82, 2.24) is 0 Å². The maximum absolute atomic E-state index is 6.49. The molecule has 0 aliphatic carbocycles. The maximum Gasteiger partial charge on any atom is 0.0177 e. The Hall–Kier alpha value is -0.850. The summed E-state index contributed by atoms with van der Waals surface area (Å²) in [6.07, 6.45) is 7.54. The van der Waals surface area contributed by atoms with Crippen molar-refractivity contribution in [3.63, 3.8) is 0 Å². The Morgan fingerprint density at radius 1 is 1.14 bits per heavy atom. The second kappa shape index (κ2) is 5.15. The van der Waals surface area contributed by atoms with E-state index in [4.69, 9.17) is 12.3 Å². The Bertz CT molecular complexity index is 90.4. The summed E-state index contributed by atoms with van der Waals surface area (Å²) in [5, 5.41) is 6.49. The molecule has 0 aliphatic heterocycles. The van der Waals surface area contributed by atoms with Crippen molar-refractivity contribution in [1.29, 1.82) is 5.41 Å². The lowest BCUT2D eigenvalue weighted by Gasteiger charge is -1.64. The van der Waals surface area contributed by atoms with Crippen LogP contribution in [0.5, 0.6) is 0 Å². The highest BCUT2D eigenvalue weighted by Crippen LogP contribution is 1.70. The molecule has 0 aromatic rings. The quantitative estimate of drug-likeness (QED) is 0.394. The second-order valence-corrected chi connectivity index (χ2v) is 0.936. The van der Waals surface area contributed by atoms with Crippen LogP contribution in [0.3, 0.4) is 0 Å². The summed E-state index contributed by atoms with van der Waals surface area (Å²) in [4.78, 5) is 0. The summed E-state index contributed by atoms with van der Waals surface area (Å²) in [5.41, 5.74) is 0. The van der Waals surface area contributed by atoms with Crippen LogP contribution in [0.15, 0.2) is 24.3 Å². The molecule has 1 N–H and O–H groups in total. The van der Waals surface area contributed by atoms with E-state index in [9.17, 15) is 0 Å². The molecule has 0 saturated carbocycles. The van der Waals surface area contributed by atoms with Gasteiger partial charge in [-0.15, -0.1) is 0 Å². The molecule has 0 saturated heterocycles. The summed E-state index contributed by atoms with van der Waals surface area (Å²) in [6.45, 7) is 4.96. The van der Waals surface area contributed by atoms with Crippen molar-refractivity contribution in [3.05, 3.63) is 31.2 Å². The van der Waals surface area contributed by atoms with Crippen molar-refractivity contribution in [3.8, 4) is 0 Å². The van der Waals surface area contributed by atoms with Crippen molar-refractivity contribution >= 4 is 6.21 Å². The van der Waals surface area contributed by atoms with E-state index < -0.39 is 0 Å². The van der Waals surface area contributed by atoms with Gasteiger partial charge in [-0.3, -0.25) is 0 Å². The number of nitrogens with one attached hydrogen (secondary N) is 1. The van der Waals surface area contributed by atoms with Gasteiger partial charge in [0.05, 0.1) is 0 Å². The van der Waals surface area contributed by atoms with E-state index in [1.54, 1.807) is 18.2 Å². The standard InChI is InChI=1S/C6H7N/c1-2-3-4-5-6-7/h1-7H/b3-2-,5-4-,7-6?. The Balaban J connectivity index is 3.27. The van der Waals surface area contributed by atoms with Crippen molar-refractivity contribution in [2.45, 2.75) is 0 Å². The summed E-state index contributed by atoms with van der Waals surface area (Å²) in [6, 6.07) is 0. The molecule has 1 nitrogen and oxygen atoms in total. The van der Waals surface area contributed by atoms with E-state index >= 15 is 0 Å². The molecule has 0 bridgehead atoms. The Morgan fingerprint density at radius 3 is 2.29 bits per heavy atom. The number of hydrogen-bond acceptors (Lipinski definition) is 1. The van der Waals surface area contributed by atoms with Gasteiger partial charge in [0.25, 0.3) is 0 Å². The van der Waals surface area contributed by atoms with Crippen LogP contribution >= 0.6 is 0 Å². The molecule has 7 heavy (non-hydrogen) atoms. The third kappa shape index (κ3) is 5.15. The average Bonchev–Trinajstić information content (AvgIpc) is 1.69. The monoisotopic (exact) mass is 93.1 g/mol. The number of hydrogen-bond donors (Lipinski definition) is 1. The van der Waals surface area contributed by atoms with Gasteiger partial charge in [0.15, 0.2) is 0 Å². The molecule has 36 valence electrons. The van der Waals surface area contributed by atoms with Crippen LogP contribution in [0.1, 0.15) is 0 Å². The Kier molecular flexibility index (Phi) is 4.52. The molecule has 0 aliphatic rings. The highest BCUT2D eigenvalue weighted by atomic mass is 14.3. The minimum absolute atomic E-state index is 1.19. The average molecular weight is 93.1 g/mol. The van der Waals surface area contributed by atoms with E-state index in [-0.39, 0.29) is 0 Å². The fourth-order valence-electron chi connectivity index (χ4n) is 0.184. The molecule has 0 rings (SSSR count). The van der Waals surface area contributed by atoms with Crippen LogP contribution in [0, 0.1) is 12.3 Å². The van der Waals surface area contributed by atoms with E-state index in [0.717, 1.165) is 0 Å². The molecule has 0 amide bonds. The van der Waals surface area contributed by atoms with Gasteiger partial charge in [-0.05, 0) is 13.0 Å². The first-order valence-corrected chi connectivity index (χ1v) is 1.96. The predicted octanol–water partition coefficient (Wildman–Crippen LogP) is 1.46. The molecule has 0 heterocycles. The zero-order chi connectivity index (χ0) is 5.54. The molecule has 1 heteroatoms. The molecule has 2 radical (unpaired) electrons. The number of allylic oxidation sites excluding steroid dienone is 4. The van der Waals surface area contributed by atoms with Gasteiger partial charge in [-0.1, -0.05) is 18.2 Å². The molecular formula is C6H7N. The largest absolute Gasteiger partial charge is 0.309 e. The van der Waals surface area contributed by atoms with E-state index in [2.05, 4.69) is 0 Å². The number of rotatable bonds is 2. The SMILES string of the molecule is [CH]/C=C\C=C/C=N. The van der Waals surface area contributed by atoms with Crippen LogP contribution in [-0.2, 0) is 0 Å². The molecular weight excluding hydrogens is 86.1 g/mol. The minimum atomic E-state index is 1.19. The third-order valence-corrected chi connectivity index (χ3v) is 0.430. The lowest BCUT2D eigenvalue weighted by atomic mass is 10.4. The van der Waals surface area contributed by atoms with Crippen molar-refractivity contribution in [2.24, 2.45) is 0 Å². The Morgan fingerprint density at radius 2 is 1.86 bits per heavy atom. The fourth-order valence-corrected chi connectivity index (χ4v) is 0.184. The summed E-state index contributed by atoms with van der Waals surface area (Å²) in [7, 11) is 0. The van der Waals surface area contributed by atoms with Gasteiger partial charge < -0.3 is 5.41 Å². The van der Waals surface area contributed by atoms with E-state index in [1.807, 2.05) is 0 Å². The molecule has 0 spiro atoms. The van der Waals surface area contributed by atoms with Gasteiger partial charge in [-0.25, -0.2) is 0 Å². The maximum atomic E-state index is 6.49. The van der Waals surface area contributed by atoms with E-state index in [1.165, 1.54) is 12.3 Å². The van der Waals surface area contributed by atoms with Gasteiger partial charge in [0, 0.05) is 6.21 Å². The summed E-state index contributed by atoms with van der Waals surface area (Å²) in [5.74, 6) is 0. The highest BCUT2D eigenvalue weighted by molar-refractivity contribution is 5.68. The molecule has 0 atom stereocenters. The van der Waals surface area contributed by atoms with Gasteiger partial charge in [0.1, 0.15) is 0 Å². The summed E-state index contributed by atoms with van der Waals surface area (Å²) < 4.78 is 0. The normalized spacial score (nSPS) is 11.0. The third-order valence-electron chi connectivity index (χ3n) is 0.430. The smallest absolute Gasteiger partial charge is 0.0177 e. The van der Waals surface area contributed by atoms with Crippen molar-refractivity contribution < 1.29 is 0 Å². The lowest BCUT2D eigenvalue weighted by Crippen LogP contribution is -1.52. The predicted molar refractivity (Wildman–Crippen MR) is 31.4 cm³/mol. The van der Waals surface area contributed by atoms with Crippen molar-refractivity contribution in [2.75, 3.05) is 0 Å². The van der Waals surface area contributed by atoms with Gasteiger partial charge in [-0.2, -0.15) is 0 Å². The molecule has 0 unspecified atom stereocenters. The van der Waals surface area contributed by atoms with Gasteiger partial charge >= 0.3 is 0 Å². The second-order valence-electron chi connectivity index (χ2n) is 0.936. The van der Waals surface area contributed by atoms with Crippen LogP contribution in [-0.4, -0.2) is 6.21 Å². The van der Waals surface area contributed by atoms with Crippen LogP contribution in [0.2, 0.25) is 0 Å². The Labute approximate surface area is 43.9 Å². The van der Waals surface area contributed by atoms with Crippen LogP contribution < -0.4 is 0 Å².